The van der Waals surface area contributed by atoms with E-state index in [9.17, 15) is 0 Å². The monoisotopic (exact) mass is 354 g/mol. The van der Waals surface area contributed by atoms with Gasteiger partial charge in [0.1, 0.15) is 0 Å². The van der Waals surface area contributed by atoms with Gasteiger partial charge in [-0.25, -0.2) is 0 Å². The molecule has 0 heterocycles. The smallest absolute Gasteiger partial charge is 0.0693 e. The Morgan fingerprint density at radius 1 is 1.39 bits per heavy atom. The van der Waals surface area contributed by atoms with Gasteiger partial charge in [-0.2, -0.15) is 0 Å². The van der Waals surface area contributed by atoms with Crippen molar-refractivity contribution in [2.75, 3.05) is 6.61 Å². The van der Waals surface area contributed by atoms with E-state index in [4.69, 9.17) is 4.52 Å². The minimum Gasteiger partial charge on any atom is -0.354 e. The zero-order chi connectivity index (χ0) is 17.1. The van der Waals surface area contributed by atoms with Crippen LogP contribution in [0.3, 0.4) is 0 Å². The van der Waals surface area contributed by atoms with E-state index in [2.05, 4.69) is 49.3 Å². The van der Waals surface area contributed by atoms with Crippen molar-refractivity contribution in [3.05, 3.63) is 23.8 Å². The molecule has 0 amide bonds. The van der Waals surface area contributed by atoms with Crippen LogP contribution >= 0.6 is 17.4 Å². The maximum atomic E-state index is 5.45. The van der Waals surface area contributed by atoms with Gasteiger partial charge in [0.05, 0.1) is 6.61 Å². The van der Waals surface area contributed by atoms with Gasteiger partial charge in [0.15, 0.2) is 0 Å². The summed E-state index contributed by atoms with van der Waals surface area (Å²) in [5.74, 6) is 1.57. The second-order valence-electron chi connectivity index (χ2n) is 8.67. The molecule has 0 aromatic heterocycles. The van der Waals surface area contributed by atoms with Crippen LogP contribution in [-0.4, -0.2) is 6.61 Å². The summed E-state index contributed by atoms with van der Waals surface area (Å²) in [5, 5.41) is 0. The first-order chi connectivity index (χ1) is 10.8. The molecule has 2 fully saturated rings. The molecule has 0 radical (unpaired) electrons. The number of allylic oxidation sites excluding steroid dienone is 2. The Morgan fingerprint density at radius 2 is 2.13 bits per heavy atom. The molecule has 0 saturated heterocycles. The summed E-state index contributed by atoms with van der Waals surface area (Å²) in [6.07, 6.45) is 11.5. The van der Waals surface area contributed by atoms with E-state index in [0.29, 0.717) is 25.2 Å². The largest absolute Gasteiger partial charge is 0.354 e. The van der Waals surface area contributed by atoms with Crippen molar-refractivity contribution in [2.45, 2.75) is 72.6 Å². The predicted molar refractivity (Wildman–Crippen MR) is 108 cm³/mol. The first-order valence-corrected chi connectivity index (χ1v) is 11.9. The number of fused-ring (bicyclic) bond motifs is 1. The van der Waals surface area contributed by atoms with E-state index in [1.54, 1.807) is 0 Å². The number of hydrogen-bond donors (Lipinski definition) is 0. The van der Waals surface area contributed by atoms with Gasteiger partial charge < -0.3 is 4.52 Å². The van der Waals surface area contributed by atoms with Crippen LogP contribution in [0.2, 0.25) is 0 Å². The summed E-state index contributed by atoms with van der Waals surface area (Å²) in [7, 11) is 3.14. The van der Waals surface area contributed by atoms with Crippen molar-refractivity contribution >= 4 is 17.4 Å². The Balaban J connectivity index is 2.06. The molecule has 3 heteroatoms. The topological polar surface area (TPSA) is 9.23 Å². The predicted octanol–water partition coefficient (Wildman–Crippen LogP) is 6.91. The quantitative estimate of drug-likeness (QED) is 0.286. The molecular formula is C20H36OP2. The van der Waals surface area contributed by atoms with Crippen molar-refractivity contribution < 1.29 is 4.52 Å². The van der Waals surface area contributed by atoms with Crippen molar-refractivity contribution in [2.24, 2.45) is 22.7 Å². The molecule has 2 rings (SSSR count). The van der Waals surface area contributed by atoms with Crippen LogP contribution in [0.4, 0.5) is 0 Å². The van der Waals surface area contributed by atoms with Crippen molar-refractivity contribution in [3.63, 3.8) is 0 Å². The molecule has 0 aliphatic heterocycles. The highest BCUT2D eigenvalue weighted by Gasteiger charge is 2.52. The second-order valence-corrected chi connectivity index (χ2v) is 9.90. The standard InChI is InChI=1S/C20H36OP2/c1-15(11-14-21-23-22)7-9-17-16(2)8-10-18-19(3,4)12-6-13-20(17,18)5/h11,17-18,23H,2,6-10,12-14,22H2,1,3-5H3/b15-11-. The molecule has 23 heavy (non-hydrogen) atoms. The van der Waals surface area contributed by atoms with Crippen LogP contribution in [0.15, 0.2) is 23.8 Å². The molecule has 5 atom stereocenters. The molecular weight excluding hydrogens is 318 g/mol. The highest BCUT2D eigenvalue weighted by atomic mass is 32.0. The van der Waals surface area contributed by atoms with Gasteiger partial charge in [-0.3, -0.25) is 0 Å². The summed E-state index contributed by atoms with van der Waals surface area (Å²) >= 11 is 0. The second kappa shape index (κ2) is 8.12. The zero-order valence-electron chi connectivity index (χ0n) is 15.6. The van der Waals surface area contributed by atoms with E-state index < -0.39 is 0 Å². The fourth-order valence-corrected chi connectivity index (χ4v) is 5.98. The minimum absolute atomic E-state index is 0.468. The molecule has 1 nitrogen and oxygen atoms in total. The van der Waals surface area contributed by atoms with Crippen molar-refractivity contribution in [1.82, 2.24) is 0 Å². The molecule has 2 saturated carbocycles. The first kappa shape index (κ1) is 19.6. The fraction of sp³-hybridized carbons (Fsp3) is 0.800. The van der Waals surface area contributed by atoms with Gasteiger partial charge in [0, 0.05) is 8.50 Å². The Labute approximate surface area is 148 Å². The maximum Gasteiger partial charge on any atom is 0.0693 e. The molecule has 0 N–H and O–H groups in total. The van der Waals surface area contributed by atoms with E-state index in [1.165, 1.54) is 56.1 Å². The Morgan fingerprint density at radius 3 is 2.83 bits per heavy atom. The van der Waals surface area contributed by atoms with Gasteiger partial charge >= 0.3 is 0 Å². The molecule has 5 unspecified atom stereocenters. The third-order valence-corrected chi connectivity index (χ3v) is 7.58. The summed E-state index contributed by atoms with van der Waals surface area (Å²) < 4.78 is 5.45. The minimum atomic E-state index is 0.468. The van der Waals surface area contributed by atoms with Gasteiger partial charge in [0.2, 0.25) is 0 Å². The Bertz CT molecular complexity index is 455. The lowest BCUT2D eigenvalue weighted by molar-refractivity contribution is -0.0539. The number of rotatable bonds is 6. The van der Waals surface area contributed by atoms with Crippen molar-refractivity contribution in [1.29, 1.82) is 0 Å². The van der Waals surface area contributed by atoms with Crippen LogP contribution in [0.25, 0.3) is 0 Å². The highest BCUT2D eigenvalue weighted by molar-refractivity contribution is 8.00. The first-order valence-electron chi connectivity index (χ1n) is 9.22. The molecule has 0 aromatic rings. The van der Waals surface area contributed by atoms with Crippen LogP contribution < -0.4 is 0 Å². The Hall–Kier alpha value is 0.300. The lowest BCUT2D eigenvalue weighted by Crippen LogP contribution is -2.49. The molecule has 0 bridgehead atoms. The van der Waals surface area contributed by atoms with E-state index in [1.807, 2.05) is 0 Å². The van der Waals surface area contributed by atoms with E-state index in [0.717, 1.165) is 12.5 Å². The summed E-state index contributed by atoms with van der Waals surface area (Å²) in [6, 6.07) is 0. The molecule has 2 aliphatic carbocycles. The summed E-state index contributed by atoms with van der Waals surface area (Å²) in [5.41, 5.74) is 3.97. The normalized spacial score (nSPS) is 34.8. The average molecular weight is 354 g/mol. The molecule has 0 aromatic carbocycles. The maximum absolute atomic E-state index is 5.45. The van der Waals surface area contributed by atoms with Gasteiger partial charge in [-0.1, -0.05) is 59.9 Å². The van der Waals surface area contributed by atoms with Gasteiger partial charge in [-0.15, -0.1) is 0 Å². The van der Waals surface area contributed by atoms with E-state index >= 15 is 0 Å². The lowest BCUT2D eigenvalue weighted by Gasteiger charge is -2.58. The zero-order valence-corrected chi connectivity index (χ0v) is 17.7. The van der Waals surface area contributed by atoms with Crippen molar-refractivity contribution in [3.8, 4) is 0 Å². The SMILES string of the molecule is C=C1CCC2C(C)(C)CCCC2(C)C1CC/C(C)=C\COPP. The summed E-state index contributed by atoms with van der Waals surface area (Å²) in [6.45, 7) is 15.1. The number of hydrogen-bond acceptors (Lipinski definition) is 1. The van der Waals surface area contributed by atoms with E-state index in [-0.39, 0.29) is 0 Å². The highest BCUT2D eigenvalue weighted by Crippen LogP contribution is 2.61. The molecule has 0 spiro atoms. The van der Waals surface area contributed by atoms with Crippen LogP contribution in [0.1, 0.15) is 72.6 Å². The third kappa shape index (κ3) is 4.48. The van der Waals surface area contributed by atoms with Gasteiger partial charge in [-0.05, 0) is 68.1 Å². The van der Waals surface area contributed by atoms with Gasteiger partial charge in [0.25, 0.3) is 0 Å². The van der Waals surface area contributed by atoms with Crippen LogP contribution in [0, 0.1) is 22.7 Å². The molecule has 2 aliphatic rings. The summed E-state index contributed by atoms with van der Waals surface area (Å²) in [4.78, 5) is 0. The molecule has 132 valence electrons. The fourth-order valence-electron chi connectivity index (χ4n) is 5.51. The van der Waals surface area contributed by atoms with Crippen LogP contribution in [-0.2, 0) is 4.52 Å². The third-order valence-electron chi connectivity index (χ3n) is 6.74. The lowest BCUT2D eigenvalue weighted by atomic mass is 9.47. The Kier molecular flexibility index (Phi) is 6.93. The average Bonchev–Trinajstić information content (AvgIpc) is 2.45. The van der Waals surface area contributed by atoms with Crippen LogP contribution in [0.5, 0.6) is 0 Å².